The number of thiophene rings is 1. The fourth-order valence-corrected chi connectivity index (χ4v) is 2.90. The molecule has 0 saturated carbocycles. The molecule has 120 valence electrons. The number of amides is 1. The summed E-state index contributed by atoms with van der Waals surface area (Å²) in [7, 11) is 1.74. The van der Waals surface area contributed by atoms with Gasteiger partial charge in [-0.05, 0) is 30.0 Å². The van der Waals surface area contributed by atoms with Gasteiger partial charge in [0.1, 0.15) is 5.69 Å². The molecule has 0 spiro atoms. The molecule has 1 amide bonds. The number of pyridine rings is 1. The molecule has 24 heavy (non-hydrogen) atoms. The van der Waals surface area contributed by atoms with E-state index in [-0.39, 0.29) is 0 Å². The van der Waals surface area contributed by atoms with E-state index in [9.17, 15) is 9.18 Å². The maximum absolute atomic E-state index is 12.8. The molecule has 8 heteroatoms. The number of hydrogen-bond acceptors (Lipinski definition) is 4. The highest BCUT2D eigenvalue weighted by atomic mass is 35.5. The molecule has 0 saturated heterocycles. The molecular formula is C16H10ClFN4OS. The highest BCUT2D eigenvalue weighted by Gasteiger charge is 2.11. The Hall–Kier alpha value is -2.69. The van der Waals surface area contributed by atoms with Gasteiger partial charge in [-0.2, -0.15) is 5.10 Å². The molecule has 0 fully saturated rings. The predicted octanol–water partition coefficient (Wildman–Crippen LogP) is 3.50. The summed E-state index contributed by atoms with van der Waals surface area (Å²) in [5.41, 5.74) is 1.43. The summed E-state index contributed by atoms with van der Waals surface area (Å²) in [6, 6.07) is 5.23. The van der Waals surface area contributed by atoms with Gasteiger partial charge in [-0.15, -0.1) is 11.3 Å². The normalized spacial score (nSPS) is 10.3. The summed E-state index contributed by atoms with van der Waals surface area (Å²) in [5, 5.41) is 7.33. The lowest BCUT2D eigenvalue weighted by molar-refractivity contribution is -0.114. The van der Waals surface area contributed by atoms with E-state index in [1.807, 2.05) is 6.07 Å². The van der Waals surface area contributed by atoms with Crippen molar-refractivity contribution in [1.82, 2.24) is 14.8 Å². The van der Waals surface area contributed by atoms with E-state index in [4.69, 9.17) is 11.6 Å². The van der Waals surface area contributed by atoms with Crippen LogP contribution in [0.25, 0.3) is 11.0 Å². The first-order valence-corrected chi connectivity index (χ1v) is 7.89. The Balaban J connectivity index is 2.00. The molecule has 0 radical (unpaired) electrons. The van der Waals surface area contributed by atoms with Crippen molar-refractivity contribution in [1.29, 1.82) is 0 Å². The van der Waals surface area contributed by atoms with Gasteiger partial charge in [-0.25, -0.2) is 14.1 Å². The van der Waals surface area contributed by atoms with E-state index < -0.39 is 11.7 Å². The third-order valence-electron chi connectivity index (χ3n) is 3.06. The molecular weight excluding hydrogens is 351 g/mol. The largest absolute Gasteiger partial charge is 0.319 e. The van der Waals surface area contributed by atoms with E-state index in [2.05, 4.69) is 33.8 Å². The topological polar surface area (TPSA) is 59.8 Å². The van der Waals surface area contributed by atoms with Crippen molar-refractivity contribution in [2.24, 2.45) is 7.05 Å². The van der Waals surface area contributed by atoms with E-state index in [1.54, 1.807) is 23.9 Å². The molecule has 0 aliphatic rings. The number of carbonyl (C=O) groups is 1. The van der Waals surface area contributed by atoms with Crippen molar-refractivity contribution in [2.45, 2.75) is 0 Å². The Kier molecular flexibility index (Phi) is 4.34. The minimum atomic E-state index is -1.07. The van der Waals surface area contributed by atoms with E-state index in [0.717, 1.165) is 4.88 Å². The van der Waals surface area contributed by atoms with Gasteiger partial charge >= 0.3 is 0 Å². The van der Waals surface area contributed by atoms with E-state index in [1.165, 1.54) is 17.5 Å². The van der Waals surface area contributed by atoms with Crippen LogP contribution in [0.1, 0.15) is 10.6 Å². The van der Waals surface area contributed by atoms with Gasteiger partial charge in [-0.3, -0.25) is 4.79 Å². The number of anilines is 1. The molecule has 5 nitrogen and oxygen atoms in total. The molecule has 0 aliphatic heterocycles. The minimum absolute atomic E-state index is 0.335. The standard InChI is InChI=1S/C16H10ClFN4OS/c1-9(18)16(23)20-10-7-12-13(21-22(2)15(12)19-8-10)5-3-11-4-6-14(17)24-11/h4,6-8H,1H2,2H3,(H,20,23). The molecule has 1 N–H and O–H groups in total. The number of aromatic nitrogens is 3. The molecule has 3 aromatic heterocycles. The van der Waals surface area contributed by atoms with Crippen molar-refractivity contribution in [3.63, 3.8) is 0 Å². The zero-order valence-corrected chi connectivity index (χ0v) is 14.0. The lowest BCUT2D eigenvalue weighted by atomic mass is 10.2. The van der Waals surface area contributed by atoms with Crippen molar-refractivity contribution >= 4 is 45.6 Å². The predicted molar refractivity (Wildman–Crippen MR) is 92.7 cm³/mol. The minimum Gasteiger partial charge on any atom is -0.319 e. The lowest BCUT2D eigenvalue weighted by Crippen LogP contribution is -2.11. The van der Waals surface area contributed by atoms with Gasteiger partial charge in [0, 0.05) is 7.05 Å². The number of hydrogen-bond donors (Lipinski definition) is 1. The smallest absolute Gasteiger partial charge is 0.283 e. The second-order valence-corrected chi connectivity index (χ2v) is 6.50. The van der Waals surface area contributed by atoms with Gasteiger partial charge in [0.15, 0.2) is 11.5 Å². The first-order valence-electron chi connectivity index (χ1n) is 6.70. The summed E-state index contributed by atoms with van der Waals surface area (Å²) in [5.74, 6) is 3.96. The number of carbonyl (C=O) groups excluding carboxylic acids is 1. The van der Waals surface area contributed by atoms with E-state index in [0.29, 0.717) is 26.8 Å². The van der Waals surface area contributed by atoms with Gasteiger partial charge < -0.3 is 5.32 Å². The highest BCUT2D eigenvalue weighted by Crippen LogP contribution is 2.22. The molecule has 3 rings (SSSR count). The molecule has 0 aliphatic carbocycles. The molecule has 0 unspecified atom stereocenters. The van der Waals surface area contributed by atoms with Crippen LogP contribution in [0.3, 0.4) is 0 Å². The number of fused-ring (bicyclic) bond motifs is 1. The van der Waals surface area contributed by atoms with Crippen LogP contribution in [0.5, 0.6) is 0 Å². The first-order chi connectivity index (χ1) is 11.4. The van der Waals surface area contributed by atoms with Crippen LogP contribution in [-0.2, 0) is 11.8 Å². The zero-order chi connectivity index (χ0) is 17.3. The van der Waals surface area contributed by atoms with Gasteiger partial charge in [0.05, 0.1) is 26.5 Å². The summed E-state index contributed by atoms with van der Waals surface area (Å²) < 4.78 is 15.1. The number of nitrogens with one attached hydrogen (secondary N) is 1. The van der Waals surface area contributed by atoms with Crippen LogP contribution in [0.15, 0.2) is 36.8 Å². The van der Waals surface area contributed by atoms with Crippen LogP contribution in [-0.4, -0.2) is 20.7 Å². The highest BCUT2D eigenvalue weighted by molar-refractivity contribution is 7.16. The molecule has 3 heterocycles. The monoisotopic (exact) mass is 360 g/mol. The maximum atomic E-state index is 12.8. The average Bonchev–Trinajstić information content (AvgIpc) is 3.09. The van der Waals surface area contributed by atoms with Crippen LogP contribution >= 0.6 is 22.9 Å². The Morgan fingerprint density at radius 2 is 2.25 bits per heavy atom. The van der Waals surface area contributed by atoms with Crippen molar-refractivity contribution in [3.8, 4) is 11.8 Å². The van der Waals surface area contributed by atoms with Gasteiger partial charge in [0.2, 0.25) is 0 Å². The average molecular weight is 361 g/mol. The second kappa shape index (κ2) is 6.43. The first kappa shape index (κ1) is 16.2. The number of halogens is 2. The second-order valence-electron chi connectivity index (χ2n) is 4.78. The molecule has 0 atom stereocenters. The summed E-state index contributed by atoms with van der Waals surface area (Å²) in [6.07, 6.45) is 1.42. The van der Waals surface area contributed by atoms with E-state index >= 15 is 0 Å². The lowest BCUT2D eigenvalue weighted by Gasteiger charge is -2.02. The third-order valence-corrected chi connectivity index (χ3v) is 4.21. The fourth-order valence-electron chi connectivity index (χ4n) is 2.00. The summed E-state index contributed by atoms with van der Waals surface area (Å²) in [6.45, 7) is 2.95. The Labute approximate surface area is 145 Å². The van der Waals surface area contributed by atoms with Crippen LogP contribution < -0.4 is 5.32 Å². The van der Waals surface area contributed by atoms with Gasteiger partial charge in [-0.1, -0.05) is 18.2 Å². The third kappa shape index (κ3) is 3.30. The SMILES string of the molecule is C=C(F)C(=O)Nc1cnc2c(c1)c(C#Cc1ccc(Cl)s1)nn2C. The van der Waals surface area contributed by atoms with Crippen molar-refractivity contribution < 1.29 is 9.18 Å². The number of rotatable bonds is 2. The summed E-state index contributed by atoms with van der Waals surface area (Å²) in [4.78, 5) is 16.4. The Morgan fingerprint density at radius 1 is 1.46 bits per heavy atom. The fraction of sp³-hybridized carbons (Fsp3) is 0.0625. The van der Waals surface area contributed by atoms with Crippen LogP contribution in [0.2, 0.25) is 4.34 Å². The van der Waals surface area contributed by atoms with Crippen molar-refractivity contribution in [2.75, 3.05) is 5.32 Å². The molecule has 3 aromatic rings. The Bertz CT molecular complexity index is 1030. The van der Waals surface area contributed by atoms with Crippen LogP contribution in [0.4, 0.5) is 10.1 Å². The van der Waals surface area contributed by atoms with Gasteiger partial charge in [0.25, 0.3) is 5.91 Å². The maximum Gasteiger partial charge on any atom is 0.283 e. The molecule has 0 aromatic carbocycles. The zero-order valence-electron chi connectivity index (χ0n) is 12.4. The molecule has 0 bridgehead atoms. The Morgan fingerprint density at radius 3 is 2.92 bits per heavy atom. The van der Waals surface area contributed by atoms with Crippen LogP contribution in [0, 0.1) is 11.8 Å². The quantitative estimate of drug-likeness (QED) is 0.562. The van der Waals surface area contributed by atoms with Crippen molar-refractivity contribution in [3.05, 3.63) is 51.7 Å². The summed E-state index contributed by atoms with van der Waals surface area (Å²) >= 11 is 7.25. The number of aryl methyl sites for hydroxylation is 1. The number of nitrogens with zero attached hydrogens (tertiary/aromatic N) is 3.